The van der Waals surface area contributed by atoms with Gasteiger partial charge in [-0.2, -0.15) is 0 Å². The highest BCUT2D eigenvalue weighted by atomic mass is 16.5. The molecule has 0 fully saturated rings. The van der Waals surface area contributed by atoms with E-state index in [1.807, 2.05) is 0 Å². The summed E-state index contributed by atoms with van der Waals surface area (Å²) in [6.07, 6.45) is 0. The molecule has 0 spiro atoms. The van der Waals surface area contributed by atoms with Crippen LogP contribution in [0, 0.1) is 0 Å². The lowest BCUT2D eigenvalue weighted by atomic mass is 10.2. The van der Waals surface area contributed by atoms with E-state index >= 15 is 0 Å². The molecule has 0 aromatic heterocycles. The van der Waals surface area contributed by atoms with Crippen LogP contribution in [0.3, 0.4) is 0 Å². The summed E-state index contributed by atoms with van der Waals surface area (Å²) in [5, 5.41) is 2.81. The third-order valence-corrected chi connectivity index (χ3v) is 3.66. The molecule has 6 nitrogen and oxygen atoms in total. The number of hydrogen-bond acceptors (Lipinski definition) is 4. The van der Waals surface area contributed by atoms with Crippen LogP contribution in [0.2, 0.25) is 0 Å². The van der Waals surface area contributed by atoms with Gasteiger partial charge in [0, 0.05) is 18.3 Å². The summed E-state index contributed by atoms with van der Waals surface area (Å²) in [4.78, 5) is 25.5. The van der Waals surface area contributed by atoms with Gasteiger partial charge in [-0.25, -0.2) is 0 Å². The molecular formula is C17H16N2O4. The highest BCUT2D eigenvalue weighted by Crippen LogP contribution is 2.33. The monoisotopic (exact) mass is 312 g/mol. The first-order chi connectivity index (χ1) is 11.1. The Kier molecular flexibility index (Phi) is 3.89. The molecule has 1 heterocycles. The van der Waals surface area contributed by atoms with Gasteiger partial charge in [0.05, 0.1) is 12.8 Å². The number of nitrogens with zero attached hydrogens (tertiary/aromatic N) is 1. The number of carbonyl (C=O) groups is 2. The normalized spacial score (nSPS) is 13.1. The topological polar surface area (TPSA) is 67.9 Å². The van der Waals surface area contributed by atoms with Gasteiger partial charge < -0.3 is 19.7 Å². The van der Waals surface area contributed by atoms with Crippen molar-refractivity contribution in [3.63, 3.8) is 0 Å². The highest BCUT2D eigenvalue weighted by molar-refractivity contribution is 6.05. The molecule has 0 saturated carbocycles. The van der Waals surface area contributed by atoms with Crippen LogP contribution in [0.25, 0.3) is 0 Å². The van der Waals surface area contributed by atoms with E-state index in [2.05, 4.69) is 5.32 Å². The fourth-order valence-electron chi connectivity index (χ4n) is 2.30. The smallest absolute Gasteiger partial charge is 0.264 e. The number of nitrogens with one attached hydrogen (secondary N) is 1. The Hall–Kier alpha value is -3.02. The van der Waals surface area contributed by atoms with Crippen LogP contribution in [0.4, 0.5) is 11.4 Å². The Morgan fingerprint density at radius 1 is 1.22 bits per heavy atom. The maximum Gasteiger partial charge on any atom is 0.264 e. The van der Waals surface area contributed by atoms with Crippen LogP contribution in [0.1, 0.15) is 10.4 Å². The summed E-state index contributed by atoms with van der Waals surface area (Å²) in [6.45, 7) is 0.0288. The van der Waals surface area contributed by atoms with Crippen molar-refractivity contribution in [2.24, 2.45) is 0 Å². The molecule has 0 aliphatic carbocycles. The van der Waals surface area contributed by atoms with E-state index in [1.54, 1.807) is 56.6 Å². The first-order valence-electron chi connectivity index (χ1n) is 7.07. The fraction of sp³-hybridized carbons (Fsp3) is 0.176. The number of hydrogen-bond donors (Lipinski definition) is 1. The Morgan fingerprint density at radius 2 is 1.96 bits per heavy atom. The van der Waals surface area contributed by atoms with Crippen molar-refractivity contribution in [2.45, 2.75) is 0 Å². The van der Waals surface area contributed by atoms with Crippen LogP contribution in [0.5, 0.6) is 11.5 Å². The van der Waals surface area contributed by atoms with Crippen molar-refractivity contribution in [3.8, 4) is 11.5 Å². The van der Waals surface area contributed by atoms with E-state index in [-0.39, 0.29) is 18.4 Å². The van der Waals surface area contributed by atoms with Gasteiger partial charge in [-0.05, 0) is 42.5 Å². The van der Waals surface area contributed by atoms with Gasteiger partial charge in [-0.3, -0.25) is 9.59 Å². The number of ether oxygens (including phenoxy) is 2. The van der Waals surface area contributed by atoms with Crippen LogP contribution in [-0.4, -0.2) is 32.6 Å². The molecule has 0 atom stereocenters. The molecule has 1 aliphatic heterocycles. The fourth-order valence-corrected chi connectivity index (χ4v) is 2.30. The third-order valence-electron chi connectivity index (χ3n) is 3.66. The van der Waals surface area contributed by atoms with Gasteiger partial charge in [-0.15, -0.1) is 0 Å². The Bertz CT molecular complexity index is 756. The van der Waals surface area contributed by atoms with Crippen molar-refractivity contribution in [1.29, 1.82) is 0 Å². The zero-order valence-corrected chi connectivity index (χ0v) is 12.8. The van der Waals surface area contributed by atoms with Gasteiger partial charge >= 0.3 is 0 Å². The first kappa shape index (κ1) is 14.9. The quantitative estimate of drug-likeness (QED) is 0.944. The molecule has 6 heteroatoms. The molecular weight excluding hydrogens is 296 g/mol. The molecule has 2 aromatic rings. The number of methoxy groups -OCH3 is 1. The summed E-state index contributed by atoms with van der Waals surface area (Å²) in [5.74, 6) is 0.941. The third kappa shape index (κ3) is 2.96. The summed E-state index contributed by atoms with van der Waals surface area (Å²) in [6, 6.07) is 12.0. The second-order valence-electron chi connectivity index (χ2n) is 5.11. The lowest BCUT2D eigenvalue weighted by Crippen LogP contribution is -2.35. The Morgan fingerprint density at radius 3 is 2.65 bits per heavy atom. The van der Waals surface area contributed by atoms with E-state index in [0.717, 1.165) is 0 Å². The molecule has 0 saturated heterocycles. The maximum atomic E-state index is 12.3. The van der Waals surface area contributed by atoms with Gasteiger partial charge in [-0.1, -0.05) is 0 Å². The van der Waals surface area contributed by atoms with Crippen molar-refractivity contribution >= 4 is 23.2 Å². The van der Waals surface area contributed by atoms with E-state index in [4.69, 9.17) is 9.47 Å². The molecule has 23 heavy (non-hydrogen) atoms. The zero-order valence-electron chi connectivity index (χ0n) is 12.8. The second-order valence-corrected chi connectivity index (χ2v) is 5.11. The molecule has 0 unspecified atom stereocenters. The maximum absolute atomic E-state index is 12.3. The summed E-state index contributed by atoms with van der Waals surface area (Å²) < 4.78 is 10.4. The molecule has 1 N–H and O–H groups in total. The number of anilines is 2. The predicted octanol–water partition coefficient (Wildman–Crippen LogP) is 2.30. The molecule has 2 aromatic carbocycles. The largest absolute Gasteiger partial charge is 0.497 e. The van der Waals surface area contributed by atoms with Gasteiger partial charge in [0.1, 0.15) is 11.5 Å². The molecule has 0 radical (unpaired) electrons. The average Bonchev–Trinajstić information content (AvgIpc) is 2.58. The lowest BCUT2D eigenvalue weighted by molar-refractivity contribution is -0.120. The first-order valence-corrected chi connectivity index (χ1v) is 7.07. The van der Waals surface area contributed by atoms with Gasteiger partial charge in [0.2, 0.25) is 0 Å². The van der Waals surface area contributed by atoms with Crippen molar-refractivity contribution in [2.75, 3.05) is 31.0 Å². The summed E-state index contributed by atoms with van der Waals surface area (Å²) >= 11 is 0. The van der Waals surface area contributed by atoms with E-state index in [0.29, 0.717) is 28.4 Å². The average molecular weight is 312 g/mol. The zero-order chi connectivity index (χ0) is 16.4. The van der Waals surface area contributed by atoms with Crippen molar-refractivity contribution in [3.05, 3.63) is 48.0 Å². The molecule has 0 bridgehead atoms. The van der Waals surface area contributed by atoms with Gasteiger partial charge in [0.25, 0.3) is 11.8 Å². The van der Waals surface area contributed by atoms with Crippen molar-refractivity contribution < 1.29 is 19.1 Å². The minimum Gasteiger partial charge on any atom is -0.497 e. The standard InChI is InChI=1S/C17H16N2O4/c1-19-14-9-12(5-8-15(14)23-10-16(19)20)18-17(21)11-3-6-13(22-2)7-4-11/h3-9H,10H2,1-2H3,(H,18,21). The SMILES string of the molecule is COc1ccc(C(=O)Nc2ccc3c(c2)N(C)C(=O)CO3)cc1. The molecule has 3 rings (SSSR count). The van der Waals surface area contributed by atoms with Crippen LogP contribution >= 0.6 is 0 Å². The molecule has 118 valence electrons. The number of fused-ring (bicyclic) bond motifs is 1. The van der Waals surface area contributed by atoms with Crippen molar-refractivity contribution in [1.82, 2.24) is 0 Å². The minimum atomic E-state index is -0.238. The summed E-state index contributed by atoms with van der Waals surface area (Å²) in [5.41, 5.74) is 1.74. The Balaban J connectivity index is 1.80. The number of carbonyl (C=O) groups excluding carboxylic acids is 2. The van der Waals surface area contributed by atoms with E-state index in [1.165, 1.54) is 4.90 Å². The number of amides is 2. The van der Waals surface area contributed by atoms with E-state index < -0.39 is 0 Å². The number of rotatable bonds is 3. The van der Waals surface area contributed by atoms with Crippen LogP contribution < -0.4 is 19.7 Å². The Labute approximate surface area is 133 Å². The van der Waals surface area contributed by atoms with E-state index in [9.17, 15) is 9.59 Å². The van der Waals surface area contributed by atoms with Crippen LogP contribution in [0.15, 0.2) is 42.5 Å². The lowest BCUT2D eigenvalue weighted by Gasteiger charge is -2.26. The molecule has 2 amide bonds. The predicted molar refractivity (Wildman–Crippen MR) is 86.3 cm³/mol. The number of benzene rings is 2. The second kappa shape index (κ2) is 6.00. The number of likely N-dealkylation sites (N-methyl/N-ethyl adjacent to an activating group) is 1. The molecule has 1 aliphatic rings. The minimum absolute atomic E-state index is 0.0288. The highest BCUT2D eigenvalue weighted by Gasteiger charge is 2.22. The van der Waals surface area contributed by atoms with Gasteiger partial charge in [0.15, 0.2) is 6.61 Å². The van der Waals surface area contributed by atoms with Crippen LogP contribution in [-0.2, 0) is 4.79 Å². The summed E-state index contributed by atoms with van der Waals surface area (Å²) in [7, 11) is 3.25.